The van der Waals surface area contributed by atoms with Gasteiger partial charge in [-0.2, -0.15) is 0 Å². The van der Waals surface area contributed by atoms with E-state index in [2.05, 4.69) is 4.72 Å². The SMILES string of the molecule is COC(=O)c1ccc(N2CCCC2)c(S(=O)(=O)Nc2ccc(Cl)cc2)c1. The Morgan fingerprint density at radius 3 is 2.38 bits per heavy atom. The van der Waals surface area contributed by atoms with E-state index in [0.717, 1.165) is 25.9 Å². The van der Waals surface area contributed by atoms with Crippen molar-refractivity contribution in [2.24, 2.45) is 0 Å². The monoisotopic (exact) mass is 394 g/mol. The summed E-state index contributed by atoms with van der Waals surface area (Å²) in [5.74, 6) is -0.582. The highest BCUT2D eigenvalue weighted by molar-refractivity contribution is 7.92. The highest BCUT2D eigenvalue weighted by Gasteiger charge is 2.25. The molecule has 0 amide bonds. The van der Waals surface area contributed by atoms with Gasteiger partial charge in [-0.1, -0.05) is 11.6 Å². The van der Waals surface area contributed by atoms with Crippen LogP contribution in [0.25, 0.3) is 0 Å². The Balaban J connectivity index is 2.03. The van der Waals surface area contributed by atoms with Crippen molar-refractivity contribution in [2.45, 2.75) is 17.7 Å². The second-order valence-corrected chi connectivity index (χ2v) is 8.07. The molecular formula is C18H19ClN2O4S. The first kappa shape index (κ1) is 18.5. The Morgan fingerprint density at radius 2 is 1.77 bits per heavy atom. The molecule has 0 aromatic heterocycles. The number of nitrogens with zero attached hydrogens (tertiary/aromatic N) is 1. The maximum absolute atomic E-state index is 13.0. The van der Waals surface area contributed by atoms with Crippen molar-refractivity contribution in [3.05, 3.63) is 53.1 Å². The molecule has 1 saturated heterocycles. The van der Waals surface area contributed by atoms with Gasteiger partial charge in [-0.05, 0) is 55.3 Å². The molecule has 0 unspecified atom stereocenters. The molecule has 0 spiro atoms. The van der Waals surface area contributed by atoms with E-state index in [9.17, 15) is 13.2 Å². The number of esters is 1. The summed E-state index contributed by atoms with van der Waals surface area (Å²) in [6.45, 7) is 1.56. The van der Waals surface area contributed by atoms with E-state index < -0.39 is 16.0 Å². The molecule has 138 valence electrons. The van der Waals surface area contributed by atoms with Crippen molar-refractivity contribution >= 4 is 39.0 Å². The average Bonchev–Trinajstić information content (AvgIpc) is 3.17. The first-order chi connectivity index (χ1) is 12.4. The molecule has 2 aromatic rings. The predicted molar refractivity (Wildman–Crippen MR) is 101 cm³/mol. The molecule has 1 heterocycles. The number of sulfonamides is 1. The molecule has 0 atom stereocenters. The number of anilines is 2. The van der Waals surface area contributed by atoms with Gasteiger partial charge < -0.3 is 9.64 Å². The van der Waals surface area contributed by atoms with E-state index in [1.54, 1.807) is 36.4 Å². The third-order valence-corrected chi connectivity index (χ3v) is 5.88. The molecule has 1 aliphatic rings. The van der Waals surface area contributed by atoms with Gasteiger partial charge in [-0.3, -0.25) is 4.72 Å². The van der Waals surface area contributed by atoms with Gasteiger partial charge >= 0.3 is 5.97 Å². The van der Waals surface area contributed by atoms with Crippen LogP contribution in [0.4, 0.5) is 11.4 Å². The highest BCUT2D eigenvalue weighted by atomic mass is 35.5. The minimum absolute atomic E-state index is 0.0530. The molecule has 26 heavy (non-hydrogen) atoms. The lowest BCUT2D eigenvalue weighted by atomic mass is 10.2. The quantitative estimate of drug-likeness (QED) is 0.785. The van der Waals surface area contributed by atoms with E-state index in [-0.39, 0.29) is 10.5 Å². The summed E-state index contributed by atoms with van der Waals surface area (Å²) < 4.78 is 33.3. The van der Waals surface area contributed by atoms with Crippen molar-refractivity contribution in [3.63, 3.8) is 0 Å². The van der Waals surface area contributed by atoms with Crippen molar-refractivity contribution in [1.82, 2.24) is 0 Å². The zero-order valence-corrected chi connectivity index (χ0v) is 15.8. The maximum Gasteiger partial charge on any atom is 0.337 e. The van der Waals surface area contributed by atoms with E-state index >= 15 is 0 Å². The van der Waals surface area contributed by atoms with Gasteiger partial charge in [0.15, 0.2) is 0 Å². The summed E-state index contributed by atoms with van der Waals surface area (Å²) in [7, 11) is -2.64. The van der Waals surface area contributed by atoms with Crippen LogP contribution in [0.2, 0.25) is 5.02 Å². The zero-order chi connectivity index (χ0) is 18.7. The fraction of sp³-hybridized carbons (Fsp3) is 0.278. The van der Waals surface area contributed by atoms with Crippen LogP contribution in [0.1, 0.15) is 23.2 Å². The number of ether oxygens (including phenoxy) is 1. The van der Waals surface area contributed by atoms with Gasteiger partial charge in [-0.15, -0.1) is 0 Å². The van der Waals surface area contributed by atoms with Crippen molar-refractivity contribution in [1.29, 1.82) is 0 Å². The summed E-state index contributed by atoms with van der Waals surface area (Å²) in [4.78, 5) is 13.9. The number of halogens is 1. The molecule has 8 heteroatoms. The van der Waals surface area contributed by atoms with Crippen molar-refractivity contribution < 1.29 is 17.9 Å². The van der Waals surface area contributed by atoms with E-state index in [4.69, 9.17) is 16.3 Å². The van der Waals surface area contributed by atoms with Gasteiger partial charge in [0.05, 0.1) is 18.4 Å². The lowest BCUT2D eigenvalue weighted by molar-refractivity contribution is 0.0600. The number of hydrogen-bond donors (Lipinski definition) is 1. The first-order valence-electron chi connectivity index (χ1n) is 8.16. The summed E-state index contributed by atoms with van der Waals surface area (Å²) in [6, 6.07) is 11.0. The van der Waals surface area contributed by atoms with Crippen LogP contribution in [0.5, 0.6) is 0 Å². The lowest BCUT2D eigenvalue weighted by Gasteiger charge is -2.22. The van der Waals surface area contributed by atoms with Gasteiger partial charge in [0.1, 0.15) is 4.90 Å². The summed E-state index contributed by atoms with van der Waals surface area (Å²) in [5, 5.41) is 0.512. The van der Waals surface area contributed by atoms with E-state index in [0.29, 0.717) is 16.4 Å². The summed E-state index contributed by atoms with van der Waals surface area (Å²) in [5.41, 5.74) is 1.16. The van der Waals surface area contributed by atoms with Gasteiger partial charge in [0.25, 0.3) is 10.0 Å². The van der Waals surface area contributed by atoms with Crippen molar-refractivity contribution in [3.8, 4) is 0 Å². The molecule has 3 rings (SSSR count). The Hall–Kier alpha value is -2.25. The van der Waals surface area contributed by atoms with Crippen LogP contribution >= 0.6 is 11.6 Å². The molecule has 0 aliphatic carbocycles. The molecule has 1 aliphatic heterocycles. The third kappa shape index (κ3) is 3.94. The molecule has 0 saturated carbocycles. The van der Waals surface area contributed by atoms with Gasteiger partial charge in [0, 0.05) is 23.8 Å². The number of hydrogen-bond acceptors (Lipinski definition) is 5. The lowest BCUT2D eigenvalue weighted by Crippen LogP contribution is -2.23. The number of rotatable bonds is 5. The minimum atomic E-state index is -3.90. The second-order valence-electron chi connectivity index (χ2n) is 5.98. The van der Waals surface area contributed by atoms with Crippen LogP contribution < -0.4 is 9.62 Å². The van der Waals surface area contributed by atoms with Crippen LogP contribution in [-0.4, -0.2) is 34.6 Å². The van der Waals surface area contributed by atoms with E-state index in [1.807, 2.05) is 4.90 Å². The fourth-order valence-electron chi connectivity index (χ4n) is 2.92. The summed E-state index contributed by atoms with van der Waals surface area (Å²) >= 11 is 5.85. The standard InChI is InChI=1S/C18H19ClN2O4S/c1-25-18(22)13-4-9-16(21-10-2-3-11-21)17(12-13)26(23,24)20-15-7-5-14(19)6-8-15/h4-9,12,20H,2-3,10-11H2,1H3. The smallest absolute Gasteiger partial charge is 0.337 e. The van der Waals surface area contributed by atoms with Crippen LogP contribution in [0.3, 0.4) is 0 Å². The molecule has 2 aromatic carbocycles. The Labute approximate surface area is 157 Å². The minimum Gasteiger partial charge on any atom is -0.465 e. The fourth-order valence-corrected chi connectivity index (χ4v) is 4.36. The highest BCUT2D eigenvalue weighted by Crippen LogP contribution is 2.31. The number of carbonyl (C=O) groups excluding carboxylic acids is 1. The number of methoxy groups -OCH3 is 1. The average molecular weight is 395 g/mol. The molecule has 0 radical (unpaired) electrons. The Kier molecular flexibility index (Phi) is 5.38. The molecule has 1 fully saturated rings. The van der Waals surface area contributed by atoms with Crippen LogP contribution in [-0.2, 0) is 14.8 Å². The first-order valence-corrected chi connectivity index (χ1v) is 10.0. The molecule has 0 bridgehead atoms. The second kappa shape index (κ2) is 7.55. The van der Waals surface area contributed by atoms with Crippen molar-refractivity contribution in [2.75, 3.05) is 29.8 Å². The third-order valence-electron chi connectivity index (χ3n) is 4.21. The number of carbonyl (C=O) groups is 1. The maximum atomic E-state index is 13.0. The Morgan fingerprint density at radius 1 is 1.12 bits per heavy atom. The number of nitrogens with one attached hydrogen (secondary N) is 1. The summed E-state index contributed by atoms with van der Waals surface area (Å²) in [6.07, 6.45) is 2.01. The zero-order valence-electron chi connectivity index (χ0n) is 14.2. The van der Waals surface area contributed by atoms with E-state index in [1.165, 1.54) is 13.2 Å². The molecule has 1 N–H and O–H groups in total. The normalized spacial score (nSPS) is 14.3. The largest absolute Gasteiger partial charge is 0.465 e. The molecular weight excluding hydrogens is 376 g/mol. The van der Waals surface area contributed by atoms with Gasteiger partial charge in [-0.25, -0.2) is 13.2 Å². The van der Waals surface area contributed by atoms with Gasteiger partial charge in [0.2, 0.25) is 0 Å². The van der Waals surface area contributed by atoms with Crippen LogP contribution in [0, 0.1) is 0 Å². The van der Waals surface area contributed by atoms with Crippen LogP contribution in [0.15, 0.2) is 47.4 Å². The Bertz CT molecular complexity index is 907. The molecule has 6 nitrogen and oxygen atoms in total. The predicted octanol–water partition coefficient (Wildman–Crippen LogP) is 3.53. The number of benzene rings is 2. The topological polar surface area (TPSA) is 75.7 Å².